The molecule has 1 rings (SSSR count). The van der Waals surface area contributed by atoms with E-state index >= 15 is 0 Å². The quantitative estimate of drug-likeness (QED) is 0.0686. The van der Waals surface area contributed by atoms with Gasteiger partial charge in [-0.05, 0) is 37.3 Å². The first-order chi connectivity index (χ1) is 15.4. The maximum absolute atomic E-state index is 13.7. The third-order valence-corrected chi connectivity index (χ3v) is 5.72. The lowest BCUT2D eigenvalue weighted by Gasteiger charge is -2.23. The van der Waals surface area contributed by atoms with E-state index in [2.05, 4.69) is 6.92 Å². The third-order valence-electron chi connectivity index (χ3n) is 5.72. The van der Waals surface area contributed by atoms with Crippen molar-refractivity contribution in [2.75, 3.05) is 14.2 Å². The molecule has 1 unspecified atom stereocenters. The van der Waals surface area contributed by atoms with Gasteiger partial charge in [-0.15, -0.1) is 0 Å². The van der Waals surface area contributed by atoms with Crippen LogP contribution in [0.1, 0.15) is 96.0 Å². The van der Waals surface area contributed by atoms with Crippen LogP contribution in [0.4, 0.5) is 17.6 Å². The van der Waals surface area contributed by atoms with Crippen LogP contribution in [0.3, 0.4) is 0 Å². The van der Waals surface area contributed by atoms with E-state index in [1.54, 1.807) is 14.2 Å². The summed E-state index contributed by atoms with van der Waals surface area (Å²) < 4.78 is 69.6. The number of benzene rings is 1. The minimum Gasteiger partial charge on any atom is -0.333 e. The van der Waals surface area contributed by atoms with Crippen molar-refractivity contribution in [3.63, 3.8) is 0 Å². The molecule has 0 amide bonds. The highest BCUT2D eigenvalue weighted by Gasteiger charge is 2.18. The zero-order valence-electron chi connectivity index (χ0n) is 19.9. The molecule has 0 saturated carbocycles. The third kappa shape index (κ3) is 11.1. The van der Waals surface area contributed by atoms with Gasteiger partial charge in [-0.2, -0.15) is 0 Å². The van der Waals surface area contributed by atoms with E-state index in [-0.39, 0.29) is 18.1 Å². The molecule has 0 saturated heterocycles. The zero-order chi connectivity index (χ0) is 23.8. The van der Waals surface area contributed by atoms with Gasteiger partial charge in [0.1, 0.15) is 0 Å². The van der Waals surface area contributed by atoms with Crippen LogP contribution in [0.15, 0.2) is 6.07 Å². The van der Waals surface area contributed by atoms with Crippen LogP contribution in [0, 0.1) is 23.3 Å². The number of ether oxygens (including phenoxy) is 3. The molecule has 186 valence electrons. The topological polar surface area (TPSA) is 27.7 Å². The van der Waals surface area contributed by atoms with E-state index in [1.165, 1.54) is 38.5 Å². The van der Waals surface area contributed by atoms with Crippen LogP contribution in [-0.4, -0.2) is 26.8 Å². The SMILES string of the molecule is CCCCCCCCCC(CCCCCCc1cc(F)c(F)c(F)c1F)OC(OC)OC. The summed E-state index contributed by atoms with van der Waals surface area (Å²) in [6.07, 6.45) is 13.8. The number of hydrogen-bond donors (Lipinski definition) is 0. The van der Waals surface area contributed by atoms with E-state index in [0.717, 1.165) is 44.6 Å². The Morgan fingerprint density at radius 1 is 0.688 bits per heavy atom. The predicted molar refractivity (Wildman–Crippen MR) is 118 cm³/mol. The fourth-order valence-electron chi connectivity index (χ4n) is 3.82. The summed E-state index contributed by atoms with van der Waals surface area (Å²) in [5.41, 5.74) is -0.121. The summed E-state index contributed by atoms with van der Waals surface area (Å²) >= 11 is 0. The lowest BCUT2D eigenvalue weighted by atomic mass is 10.0. The Bertz CT molecular complexity index is 624. The van der Waals surface area contributed by atoms with Crippen molar-refractivity contribution in [1.29, 1.82) is 0 Å². The molecule has 1 aromatic rings. The lowest BCUT2D eigenvalue weighted by molar-refractivity contribution is -0.285. The Morgan fingerprint density at radius 3 is 1.78 bits per heavy atom. The molecule has 3 nitrogen and oxygen atoms in total. The van der Waals surface area contributed by atoms with Gasteiger partial charge >= 0.3 is 0 Å². The normalized spacial score (nSPS) is 12.6. The average Bonchev–Trinajstić information content (AvgIpc) is 2.80. The van der Waals surface area contributed by atoms with Crippen molar-refractivity contribution < 1.29 is 31.8 Å². The number of aryl methyl sites for hydroxylation is 1. The second-order valence-electron chi connectivity index (χ2n) is 8.34. The van der Waals surface area contributed by atoms with Crippen molar-refractivity contribution >= 4 is 0 Å². The highest BCUT2D eigenvalue weighted by atomic mass is 19.2. The fraction of sp³-hybridized carbons (Fsp3) is 0.760. The van der Waals surface area contributed by atoms with Crippen LogP contribution >= 0.6 is 0 Å². The fourth-order valence-corrected chi connectivity index (χ4v) is 3.82. The van der Waals surface area contributed by atoms with Gasteiger partial charge in [-0.25, -0.2) is 17.6 Å². The molecule has 1 atom stereocenters. The highest BCUT2D eigenvalue weighted by Crippen LogP contribution is 2.22. The van der Waals surface area contributed by atoms with E-state index in [1.807, 2.05) is 0 Å². The van der Waals surface area contributed by atoms with Gasteiger partial charge < -0.3 is 14.2 Å². The molecule has 32 heavy (non-hydrogen) atoms. The predicted octanol–water partition coefficient (Wildman–Crippen LogP) is 7.84. The first kappa shape index (κ1) is 28.9. The highest BCUT2D eigenvalue weighted by molar-refractivity contribution is 5.21. The van der Waals surface area contributed by atoms with Gasteiger partial charge in [0.05, 0.1) is 6.10 Å². The molecule has 0 radical (unpaired) electrons. The molecular formula is C25H40F4O3. The smallest absolute Gasteiger partial charge is 0.271 e. The first-order valence-corrected chi connectivity index (χ1v) is 12.0. The number of methoxy groups -OCH3 is 2. The van der Waals surface area contributed by atoms with E-state index in [0.29, 0.717) is 6.42 Å². The van der Waals surface area contributed by atoms with E-state index in [4.69, 9.17) is 14.2 Å². The van der Waals surface area contributed by atoms with Gasteiger partial charge in [-0.3, -0.25) is 0 Å². The Labute approximate surface area is 190 Å². The summed E-state index contributed by atoms with van der Waals surface area (Å²) in [7, 11) is 3.08. The maximum atomic E-state index is 13.7. The summed E-state index contributed by atoms with van der Waals surface area (Å²) in [6, 6.07) is 0.746. The second kappa shape index (κ2) is 17.3. The van der Waals surface area contributed by atoms with Crippen molar-refractivity contribution in [2.45, 2.75) is 109 Å². The summed E-state index contributed by atoms with van der Waals surface area (Å²) in [4.78, 5) is 0. The molecule has 0 aliphatic heterocycles. The van der Waals surface area contributed by atoms with Crippen LogP contribution in [0.2, 0.25) is 0 Å². The van der Waals surface area contributed by atoms with Crippen molar-refractivity contribution in [2.24, 2.45) is 0 Å². The molecule has 0 N–H and O–H groups in total. The van der Waals surface area contributed by atoms with Crippen LogP contribution < -0.4 is 0 Å². The molecule has 0 bridgehead atoms. The largest absolute Gasteiger partial charge is 0.333 e. The van der Waals surface area contributed by atoms with Crippen molar-refractivity contribution in [1.82, 2.24) is 0 Å². The Morgan fingerprint density at radius 2 is 1.22 bits per heavy atom. The molecular weight excluding hydrogens is 424 g/mol. The molecule has 0 fully saturated rings. The summed E-state index contributed by atoms with van der Waals surface area (Å²) in [5, 5.41) is 0. The second-order valence-corrected chi connectivity index (χ2v) is 8.34. The molecule has 0 spiro atoms. The number of halogens is 4. The van der Waals surface area contributed by atoms with Gasteiger partial charge in [-0.1, -0.05) is 71.1 Å². The molecule has 0 aliphatic carbocycles. The minimum atomic E-state index is -1.76. The molecule has 0 aliphatic rings. The standard InChI is InChI=1S/C25H40F4O3/c1-4-5-6-7-8-9-13-16-20(32-25(30-2)31-3)17-14-11-10-12-15-19-18-21(26)23(28)24(29)22(19)27/h18,20,25H,4-17H2,1-3H3. The molecule has 1 aromatic carbocycles. The van der Waals surface area contributed by atoms with Crippen LogP contribution in [-0.2, 0) is 20.6 Å². The van der Waals surface area contributed by atoms with E-state index in [9.17, 15) is 17.6 Å². The van der Waals surface area contributed by atoms with Crippen LogP contribution in [0.25, 0.3) is 0 Å². The Kier molecular flexibility index (Phi) is 15.6. The Hall–Kier alpha value is -1.18. The van der Waals surface area contributed by atoms with Gasteiger partial charge in [0.15, 0.2) is 23.3 Å². The molecule has 7 heteroatoms. The first-order valence-electron chi connectivity index (χ1n) is 12.0. The van der Waals surface area contributed by atoms with Crippen molar-refractivity contribution in [3.05, 3.63) is 34.9 Å². The number of unbranched alkanes of at least 4 members (excludes halogenated alkanes) is 9. The van der Waals surface area contributed by atoms with Gasteiger partial charge in [0.25, 0.3) is 6.48 Å². The van der Waals surface area contributed by atoms with Crippen molar-refractivity contribution in [3.8, 4) is 0 Å². The summed E-state index contributed by atoms with van der Waals surface area (Å²) in [6.45, 7) is 1.53. The summed E-state index contributed by atoms with van der Waals surface area (Å²) in [5.74, 6) is -6.15. The molecule has 0 heterocycles. The maximum Gasteiger partial charge on any atom is 0.271 e. The number of rotatable bonds is 19. The average molecular weight is 465 g/mol. The monoisotopic (exact) mass is 464 g/mol. The number of hydrogen-bond acceptors (Lipinski definition) is 3. The minimum absolute atomic E-state index is 0.0354. The van der Waals surface area contributed by atoms with Gasteiger partial charge in [0, 0.05) is 14.2 Å². The van der Waals surface area contributed by atoms with Gasteiger partial charge in [0.2, 0.25) is 0 Å². The van der Waals surface area contributed by atoms with Crippen LogP contribution in [0.5, 0.6) is 0 Å². The molecule has 0 aromatic heterocycles. The zero-order valence-corrected chi connectivity index (χ0v) is 19.9. The lowest BCUT2D eigenvalue weighted by Crippen LogP contribution is -2.25. The van der Waals surface area contributed by atoms with E-state index < -0.39 is 29.7 Å². The Balaban J connectivity index is 2.33.